The molecule has 1 aliphatic heterocycles. The van der Waals surface area contributed by atoms with Crippen LogP contribution in [0.2, 0.25) is 0 Å². The summed E-state index contributed by atoms with van der Waals surface area (Å²) in [4.78, 5) is 14.7. The Bertz CT molecular complexity index is 945. The van der Waals surface area contributed by atoms with Crippen molar-refractivity contribution in [2.75, 3.05) is 13.1 Å². The minimum atomic E-state index is -0.443. The average molecular weight is 414 g/mol. The van der Waals surface area contributed by atoms with Crippen LogP contribution in [0.4, 0.5) is 0 Å². The third kappa shape index (κ3) is 5.75. The zero-order valence-corrected chi connectivity index (χ0v) is 18.2. The van der Waals surface area contributed by atoms with Crippen molar-refractivity contribution >= 4 is 5.91 Å². The van der Waals surface area contributed by atoms with E-state index in [-0.39, 0.29) is 5.91 Å². The number of ether oxygens (including phenoxy) is 1. The number of hydrogen-bond acceptors (Lipinski definition) is 2. The van der Waals surface area contributed by atoms with Crippen LogP contribution in [0.1, 0.15) is 31.7 Å². The standard InChI is InChI=1S/C28H31NO2/c1-22(31-27-10-6-3-7-11-27)28(30)29-20-18-24(19-21-29)13-12-23-14-16-26(17-15-23)25-8-4-2-5-9-25/h2-11,14-17,22,24H,12-13,18-21H2,1H3. The van der Waals surface area contributed by atoms with Crippen LogP contribution in [0.15, 0.2) is 84.9 Å². The van der Waals surface area contributed by atoms with E-state index in [1.165, 1.54) is 23.1 Å². The number of rotatable bonds is 7. The molecule has 1 unspecified atom stereocenters. The summed E-state index contributed by atoms with van der Waals surface area (Å²) in [5.74, 6) is 1.53. The average Bonchev–Trinajstić information content (AvgIpc) is 2.84. The molecular weight excluding hydrogens is 382 g/mol. The Kier molecular flexibility index (Phi) is 7.03. The maximum absolute atomic E-state index is 12.7. The van der Waals surface area contributed by atoms with Crippen LogP contribution in [0, 0.1) is 5.92 Å². The van der Waals surface area contributed by atoms with Crippen molar-refractivity contribution in [3.8, 4) is 16.9 Å². The fraction of sp³-hybridized carbons (Fsp3) is 0.321. The first kappa shape index (κ1) is 21.2. The monoisotopic (exact) mass is 413 g/mol. The highest BCUT2D eigenvalue weighted by Gasteiger charge is 2.26. The predicted molar refractivity (Wildman–Crippen MR) is 126 cm³/mol. The Morgan fingerprint density at radius 2 is 1.45 bits per heavy atom. The third-order valence-corrected chi connectivity index (χ3v) is 6.23. The Morgan fingerprint density at radius 1 is 0.871 bits per heavy atom. The number of aryl methyl sites for hydroxylation is 1. The lowest BCUT2D eigenvalue weighted by molar-refractivity contribution is -0.139. The number of likely N-dealkylation sites (tertiary alicyclic amines) is 1. The van der Waals surface area contributed by atoms with E-state index in [2.05, 4.69) is 48.5 Å². The van der Waals surface area contributed by atoms with Gasteiger partial charge in [0.15, 0.2) is 6.10 Å². The first-order valence-electron chi connectivity index (χ1n) is 11.3. The predicted octanol–water partition coefficient (Wildman–Crippen LogP) is 5.99. The number of carbonyl (C=O) groups excluding carboxylic acids is 1. The number of amides is 1. The Morgan fingerprint density at radius 3 is 2.10 bits per heavy atom. The van der Waals surface area contributed by atoms with Crippen LogP contribution in [-0.4, -0.2) is 30.0 Å². The van der Waals surface area contributed by atoms with Crippen LogP contribution in [0.3, 0.4) is 0 Å². The Balaban J connectivity index is 1.22. The second-order valence-corrected chi connectivity index (χ2v) is 8.44. The zero-order chi connectivity index (χ0) is 21.5. The van der Waals surface area contributed by atoms with Gasteiger partial charge in [0.1, 0.15) is 5.75 Å². The number of nitrogens with zero attached hydrogens (tertiary/aromatic N) is 1. The minimum absolute atomic E-state index is 0.0961. The van der Waals surface area contributed by atoms with Crippen molar-refractivity contribution in [3.05, 3.63) is 90.5 Å². The van der Waals surface area contributed by atoms with Gasteiger partial charge in [0.05, 0.1) is 0 Å². The highest BCUT2D eigenvalue weighted by atomic mass is 16.5. The normalized spacial score (nSPS) is 15.5. The Hall–Kier alpha value is -3.07. The van der Waals surface area contributed by atoms with E-state index in [0.717, 1.165) is 38.1 Å². The SMILES string of the molecule is CC(Oc1ccccc1)C(=O)N1CCC(CCc2ccc(-c3ccccc3)cc2)CC1. The largest absolute Gasteiger partial charge is 0.481 e. The lowest BCUT2D eigenvalue weighted by Crippen LogP contribution is -2.44. The molecule has 0 spiro atoms. The summed E-state index contributed by atoms with van der Waals surface area (Å²) in [5, 5.41) is 0. The van der Waals surface area contributed by atoms with E-state index in [4.69, 9.17) is 4.74 Å². The van der Waals surface area contributed by atoms with Crippen LogP contribution in [0.25, 0.3) is 11.1 Å². The van der Waals surface area contributed by atoms with Crippen molar-refractivity contribution in [1.29, 1.82) is 0 Å². The molecule has 0 radical (unpaired) electrons. The number of piperidine rings is 1. The van der Waals surface area contributed by atoms with Gasteiger partial charge in [0, 0.05) is 13.1 Å². The lowest BCUT2D eigenvalue weighted by Gasteiger charge is -2.33. The van der Waals surface area contributed by atoms with Crippen molar-refractivity contribution in [1.82, 2.24) is 4.90 Å². The molecule has 0 bridgehead atoms. The quantitative estimate of drug-likeness (QED) is 0.476. The van der Waals surface area contributed by atoms with Gasteiger partial charge in [-0.05, 0) is 67.3 Å². The highest BCUT2D eigenvalue weighted by Crippen LogP contribution is 2.25. The van der Waals surface area contributed by atoms with E-state index in [0.29, 0.717) is 5.92 Å². The van der Waals surface area contributed by atoms with Gasteiger partial charge in [-0.3, -0.25) is 4.79 Å². The number of benzene rings is 3. The van der Waals surface area contributed by atoms with Crippen molar-refractivity contribution in [2.24, 2.45) is 5.92 Å². The van der Waals surface area contributed by atoms with Crippen molar-refractivity contribution in [3.63, 3.8) is 0 Å². The number of carbonyl (C=O) groups is 1. The van der Waals surface area contributed by atoms with Gasteiger partial charge < -0.3 is 9.64 Å². The molecule has 1 saturated heterocycles. The van der Waals surface area contributed by atoms with E-state index in [9.17, 15) is 4.79 Å². The van der Waals surface area contributed by atoms with E-state index < -0.39 is 6.10 Å². The first-order chi connectivity index (χ1) is 15.2. The summed E-state index contributed by atoms with van der Waals surface area (Å²) < 4.78 is 5.81. The first-order valence-corrected chi connectivity index (χ1v) is 11.3. The van der Waals surface area contributed by atoms with Crippen LogP contribution < -0.4 is 4.74 Å². The third-order valence-electron chi connectivity index (χ3n) is 6.23. The molecule has 0 saturated carbocycles. The molecule has 31 heavy (non-hydrogen) atoms. The molecule has 0 aliphatic carbocycles. The van der Waals surface area contributed by atoms with Gasteiger partial charge in [-0.15, -0.1) is 0 Å². The summed E-state index contributed by atoms with van der Waals surface area (Å²) in [6, 6.07) is 29.0. The second kappa shape index (κ2) is 10.3. The van der Waals surface area contributed by atoms with Crippen LogP contribution in [0.5, 0.6) is 5.75 Å². The highest BCUT2D eigenvalue weighted by molar-refractivity contribution is 5.81. The number of para-hydroxylation sites is 1. The summed E-state index contributed by atoms with van der Waals surface area (Å²) in [7, 11) is 0. The van der Waals surface area contributed by atoms with E-state index in [1.54, 1.807) is 0 Å². The van der Waals surface area contributed by atoms with Crippen LogP contribution in [-0.2, 0) is 11.2 Å². The molecule has 4 rings (SSSR count). The molecule has 3 nitrogen and oxygen atoms in total. The molecule has 3 aromatic carbocycles. The van der Waals surface area contributed by atoms with Gasteiger partial charge in [-0.25, -0.2) is 0 Å². The lowest BCUT2D eigenvalue weighted by atomic mass is 9.90. The molecule has 1 amide bonds. The molecular formula is C28H31NO2. The van der Waals surface area contributed by atoms with Crippen molar-refractivity contribution in [2.45, 2.75) is 38.7 Å². The second-order valence-electron chi connectivity index (χ2n) is 8.44. The van der Waals surface area contributed by atoms with Crippen molar-refractivity contribution < 1.29 is 9.53 Å². The molecule has 160 valence electrons. The molecule has 0 aromatic heterocycles. The van der Waals surface area contributed by atoms with E-state index in [1.807, 2.05) is 48.2 Å². The fourth-order valence-electron chi connectivity index (χ4n) is 4.32. The van der Waals surface area contributed by atoms with Gasteiger partial charge in [0.2, 0.25) is 0 Å². The summed E-state index contributed by atoms with van der Waals surface area (Å²) in [6.45, 7) is 3.51. The van der Waals surface area contributed by atoms with Gasteiger partial charge >= 0.3 is 0 Å². The fourth-order valence-corrected chi connectivity index (χ4v) is 4.32. The minimum Gasteiger partial charge on any atom is -0.481 e. The summed E-state index contributed by atoms with van der Waals surface area (Å²) in [6.07, 6.45) is 3.99. The Labute approximate surface area is 185 Å². The number of hydrogen-bond donors (Lipinski definition) is 0. The maximum atomic E-state index is 12.7. The summed E-state index contributed by atoms with van der Waals surface area (Å²) >= 11 is 0. The van der Waals surface area contributed by atoms with Gasteiger partial charge in [-0.2, -0.15) is 0 Å². The molecule has 1 fully saturated rings. The molecule has 1 heterocycles. The van der Waals surface area contributed by atoms with Gasteiger partial charge in [0.25, 0.3) is 5.91 Å². The van der Waals surface area contributed by atoms with Gasteiger partial charge in [-0.1, -0.05) is 72.8 Å². The zero-order valence-electron chi connectivity index (χ0n) is 18.2. The van der Waals surface area contributed by atoms with Crippen LogP contribution >= 0.6 is 0 Å². The molecule has 3 aromatic rings. The van der Waals surface area contributed by atoms with E-state index >= 15 is 0 Å². The topological polar surface area (TPSA) is 29.5 Å². The molecule has 1 aliphatic rings. The summed E-state index contributed by atoms with van der Waals surface area (Å²) in [5.41, 5.74) is 3.92. The molecule has 0 N–H and O–H groups in total. The maximum Gasteiger partial charge on any atom is 0.263 e. The molecule has 1 atom stereocenters. The molecule has 3 heteroatoms. The smallest absolute Gasteiger partial charge is 0.263 e.